The highest BCUT2D eigenvalue weighted by Gasteiger charge is 2.22. The molecule has 0 aromatic heterocycles. The topological polar surface area (TPSA) is 15.3 Å². The minimum atomic E-state index is 0.600. The summed E-state index contributed by atoms with van der Waals surface area (Å²) in [6.07, 6.45) is 5.31. The van der Waals surface area contributed by atoms with Crippen LogP contribution in [0, 0.1) is 6.92 Å². The van der Waals surface area contributed by atoms with Gasteiger partial charge in [0.2, 0.25) is 0 Å². The molecule has 1 unspecified atom stereocenters. The molecule has 1 fully saturated rings. The Kier molecular flexibility index (Phi) is 3.67. The van der Waals surface area contributed by atoms with Crippen molar-refractivity contribution >= 4 is 0 Å². The molecule has 0 saturated carbocycles. The molecule has 0 spiro atoms. The van der Waals surface area contributed by atoms with Crippen LogP contribution in [0.3, 0.4) is 0 Å². The fraction of sp³-hybridized carbons (Fsp3) is 0.625. The summed E-state index contributed by atoms with van der Waals surface area (Å²) in [6.45, 7) is 7.17. The van der Waals surface area contributed by atoms with Crippen molar-refractivity contribution in [3.63, 3.8) is 0 Å². The molecule has 2 heteroatoms. The van der Waals surface area contributed by atoms with E-state index in [0.717, 1.165) is 6.54 Å². The lowest BCUT2D eigenvalue weighted by Crippen LogP contribution is -2.31. The molecule has 3 rings (SSSR count). The van der Waals surface area contributed by atoms with Gasteiger partial charge in [0.1, 0.15) is 0 Å². The fourth-order valence-electron chi connectivity index (χ4n) is 3.34. The minimum absolute atomic E-state index is 0.600. The van der Waals surface area contributed by atoms with E-state index in [0.29, 0.717) is 6.04 Å². The average Bonchev–Trinajstić information content (AvgIpc) is 2.99. The minimum Gasteiger partial charge on any atom is -0.309 e. The highest BCUT2D eigenvalue weighted by molar-refractivity contribution is 5.37. The second kappa shape index (κ2) is 5.41. The molecule has 1 saturated heterocycles. The summed E-state index contributed by atoms with van der Waals surface area (Å²) in [5, 5.41) is 3.75. The van der Waals surface area contributed by atoms with Gasteiger partial charge in [-0.25, -0.2) is 0 Å². The van der Waals surface area contributed by atoms with E-state index in [1.807, 2.05) is 0 Å². The normalized spacial score (nSPS) is 23.5. The Morgan fingerprint density at radius 2 is 2.11 bits per heavy atom. The first-order valence-corrected chi connectivity index (χ1v) is 7.38. The third-order valence-electron chi connectivity index (χ3n) is 4.40. The number of hydrogen-bond acceptors (Lipinski definition) is 2. The summed E-state index contributed by atoms with van der Waals surface area (Å²) in [5.74, 6) is 0. The number of likely N-dealkylation sites (tertiary alicyclic amines) is 1. The quantitative estimate of drug-likeness (QED) is 0.876. The molecule has 2 aliphatic rings. The lowest BCUT2D eigenvalue weighted by molar-refractivity contribution is 0.327. The molecule has 0 radical (unpaired) electrons. The molecule has 1 heterocycles. The maximum atomic E-state index is 3.75. The summed E-state index contributed by atoms with van der Waals surface area (Å²) in [6, 6.07) is 7.52. The van der Waals surface area contributed by atoms with Crippen molar-refractivity contribution in [3.05, 3.63) is 34.9 Å². The van der Waals surface area contributed by atoms with Crippen LogP contribution in [0.25, 0.3) is 0 Å². The van der Waals surface area contributed by atoms with Crippen molar-refractivity contribution in [2.45, 2.75) is 38.6 Å². The van der Waals surface area contributed by atoms with Gasteiger partial charge in [-0.3, -0.25) is 0 Å². The van der Waals surface area contributed by atoms with Crippen molar-refractivity contribution in [1.29, 1.82) is 0 Å². The van der Waals surface area contributed by atoms with Crippen LogP contribution in [0.1, 0.15) is 42.0 Å². The second-order valence-corrected chi connectivity index (χ2v) is 5.80. The predicted molar refractivity (Wildman–Crippen MR) is 75.9 cm³/mol. The molecule has 2 nitrogen and oxygen atoms in total. The van der Waals surface area contributed by atoms with Crippen molar-refractivity contribution in [1.82, 2.24) is 10.2 Å². The molecule has 18 heavy (non-hydrogen) atoms. The Labute approximate surface area is 110 Å². The Bertz CT molecular complexity index is 408. The number of nitrogens with one attached hydrogen (secondary N) is 1. The Morgan fingerprint density at radius 1 is 1.28 bits per heavy atom. The zero-order valence-corrected chi connectivity index (χ0v) is 11.4. The third-order valence-corrected chi connectivity index (χ3v) is 4.40. The molecule has 1 aromatic carbocycles. The van der Waals surface area contributed by atoms with Crippen LogP contribution < -0.4 is 5.32 Å². The van der Waals surface area contributed by atoms with E-state index < -0.39 is 0 Å². The number of nitrogens with zero attached hydrogens (tertiary/aromatic N) is 1. The van der Waals surface area contributed by atoms with E-state index in [2.05, 4.69) is 35.3 Å². The van der Waals surface area contributed by atoms with Gasteiger partial charge < -0.3 is 10.2 Å². The Hall–Kier alpha value is -0.860. The van der Waals surface area contributed by atoms with Crippen molar-refractivity contribution in [2.24, 2.45) is 0 Å². The highest BCUT2D eigenvalue weighted by Crippen LogP contribution is 2.31. The molecule has 1 aromatic rings. The largest absolute Gasteiger partial charge is 0.309 e. The molecule has 1 atom stereocenters. The van der Waals surface area contributed by atoms with E-state index in [1.165, 1.54) is 50.9 Å². The maximum Gasteiger partial charge on any atom is 0.0326 e. The first-order valence-electron chi connectivity index (χ1n) is 7.38. The van der Waals surface area contributed by atoms with Gasteiger partial charge in [-0.1, -0.05) is 23.8 Å². The molecule has 0 amide bonds. The summed E-state index contributed by atoms with van der Waals surface area (Å²) in [4.78, 5) is 2.58. The van der Waals surface area contributed by atoms with E-state index in [-0.39, 0.29) is 0 Å². The zero-order valence-electron chi connectivity index (χ0n) is 11.4. The molecule has 0 bridgehead atoms. The molecular formula is C16H24N2. The van der Waals surface area contributed by atoms with Crippen LogP contribution in [0.15, 0.2) is 18.2 Å². The van der Waals surface area contributed by atoms with Gasteiger partial charge in [0.05, 0.1) is 0 Å². The first-order chi connectivity index (χ1) is 8.83. The second-order valence-electron chi connectivity index (χ2n) is 5.80. The standard InChI is InChI=1S/C16H24N2/c1-13-4-5-14-6-7-16(15(14)12-13)17-8-11-18-9-2-3-10-18/h4-5,12,16-17H,2-3,6-11H2,1H3. The predicted octanol–water partition coefficient (Wildman–Crippen LogP) is 2.67. The summed E-state index contributed by atoms with van der Waals surface area (Å²) >= 11 is 0. The van der Waals surface area contributed by atoms with E-state index in [9.17, 15) is 0 Å². The van der Waals surface area contributed by atoms with E-state index >= 15 is 0 Å². The first kappa shape index (κ1) is 12.2. The molecule has 1 aliphatic heterocycles. The SMILES string of the molecule is Cc1ccc2c(c1)C(NCCN1CCCC1)CC2. The van der Waals surface area contributed by atoms with Crippen LogP contribution in [0.2, 0.25) is 0 Å². The Balaban J connectivity index is 1.54. The monoisotopic (exact) mass is 244 g/mol. The fourth-order valence-corrected chi connectivity index (χ4v) is 3.34. The van der Waals surface area contributed by atoms with Gasteiger partial charge in [-0.2, -0.15) is 0 Å². The number of benzene rings is 1. The smallest absolute Gasteiger partial charge is 0.0326 e. The molecular weight excluding hydrogens is 220 g/mol. The van der Waals surface area contributed by atoms with Gasteiger partial charge in [0.15, 0.2) is 0 Å². The van der Waals surface area contributed by atoms with Crippen LogP contribution in [0.4, 0.5) is 0 Å². The number of rotatable bonds is 4. The number of aryl methyl sites for hydroxylation is 2. The van der Waals surface area contributed by atoms with Crippen LogP contribution >= 0.6 is 0 Å². The number of fused-ring (bicyclic) bond motifs is 1. The number of hydrogen-bond donors (Lipinski definition) is 1. The van der Waals surface area contributed by atoms with Gasteiger partial charge >= 0.3 is 0 Å². The van der Waals surface area contributed by atoms with Crippen molar-refractivity contribution in [2.75, 3.05) is 26.2 Å². The van der Waals surface area contributed by atoms with Gasteiger partial charge in [0, 0.05) is 19.1 Å². The van der Waals surface area contributed by atoms with Crippen LogP contribution in [-0.2, 0) is 6.42 Å². The molecule has 1 N–H and O–H groups in total. The van der Waals surface area contributed by atoms with Gasteiger partial charge in [-0.05, 0) is 56.8 Å². The average molecular weight is 244 g/mol. The van der Waals surface area contributed by atoms with Gasteiger partial charge in [-0.15, -0.1) is 0 Å². The van der Waals surface area contributed by atoms with Crippen LogP contribution in [0.5, 0.6) is 0 Å². The van der Waals surface area contributed by atoms with E-state index in [4.69, 9.17) is 0 Å². The van der Waals surface area contributed by atoms with Crippen molar-refractivity contribution in [3.8, 4) is 0 Å². The lowest BCUT2D eigenvalue weighted by atomic mass is 10.1. The summed E-state index contributed by atoms with van der Waals surface area (Å²) in [5.41, 5.74) is 4.50. The van der Waals surface area contributed by atoms with Gasteiger partial charge in [0.25, 0.3) is 0 Å². The third kappa shape index (κ3) is 2.60. The molecule has 1 aliphatic carbocycles. The zero-order chi connectivity index (χ0) is 12.4. The van der Waals surface area contributed by atoms with E-state index in [1.54, 1.807) is 11.1 Å². The Morgan fingerprint density at radius 3 is 2.94 bits per heavy atom. The highest BCUT2D eigenvalue weighted by atomic mass is 15.2. The molecule has 98 valence electrons. The maximum absolute atomic E-state index is 3.75. The lowest BCUT2D eigenvalue weighted by Gasteiger charge is -2.18. The van der Waals surface area contributed by atoms with Crippen molar-refractivity contribution < 1.29 is 0 Å². The summed E-state index contributed by atoms with van der Waals surface area (Å²) in [7, 11) is 0. The summed E-state index contributed by atoms with van der Waals surface area (Å²) < 4.78 is 0. The van der Waals surface area contributed by atoms with Crippen LogP contribution in [-0.4, -0.2) is 31.1 Å².